The van der Waals surface area contributed by atoms with Crippen LogP contribution in [0.5, 0.6) is 0 Å². The van der Waals surface area contributed by atoms with Crippen molar-refractivity contribution in [3.05, 3.63) is 46.5 Å². The first-order valence-corrected chi connectivity index (χ1v) is 10.6. The molecule has 2 aromatic rings. The van der Waals surface area contributed by atoms with Crippen LogP contribution in [0.1, 0.15) is 55.7 Å². The standard InChI is InChI=1S/C21H29ClN6.HI/c1-15-26-27-19(28(15)2)13-23-20(25-18-8-3-4-9-18)24-14-21(10-11-21)16-6-5-7-17(22)12-16;/h5-7,12,18H,3-4,8-11,13-14H2,1-2H3,(H2,23,24,25);1H. The number of aromatic nitrogens is 3. The summed E-state index contributed by atoms with van der Waals surface area (Å²) in [5.41, 5.74) is 1.49. The number of aryl methyl sites for hydroxylation is 1. The zero-order valence-electron chi connectivity index (χ0n) is 17.1. The van der Waals surface area contributed by atoms with Gasteiger partial charge in [0.2, 0.25) is 0 Å². The van der Waals surface area contributed by atoms with Gasteiger partial charge in [-0.1, -0.05) is 36.6 Å². The second-order valence-corrected chi connectivity index (χ2v) is 8.59. The molecule has 1 heterocycles. The van der Waals surface area contributed by atoms with E-state index in [1.54, 1.807) is 0 Å². The molecular weight excluding hydrogens is 499 g/mol. The van der Waals surface area contributed by atoms with E-state index >= 15 is 0 Å². The van der Waals surface area contributed by atoms with E-state index in [-0.39, 0.29) is 29.4 Å². The molecule has 0 amide bonds. The Kier molecular flexibility index (Phi) is 7.42. The molecule has 2 fully saturated rings. The Bertz CT molecular complexity index is 855. The number of nitrogens with one attached hydrogen (secondary N) is 2. The molecule has 0 saturated heterocycles. The predicted molar refractivity (Wildman–Crippen MR) is 128 cm³/mol. The van der Waals surface area contributed by atoms with Crippen molar-refractivity contribution in [3.8, 4) is 0 Å². The second kappa shape index (κ2) is 9.64. The van der Waals surface area contributed by atoms with Crippen LogP contribution in [0.25, 0.3) is 0 Å². The zero-order valence-corrected chi connectivity index (χ0v) is 20.2. The van der Waals surface area contributed by atoms with Crippen molar-refractivity contribution in [1.29, 1.82) is 0 Å². The van der Waals surface area contributed by atoms with Crippen LogP contribution in [0.2, 0.25) is 5.02 Å². The average molecular weight is 529 g/mol. The SMILES string of the molecule is Cc1nnc(CN=C(NCC2(c3cccc(Cl)c3)CC2)NC2CCCC2)n1C.I. The molecule has 8 heteroatoms. The number of rotatable bonds is 6. The Morgan fingerprint density at radius 1 is 1.28 bits per heavy atom. The third-order valence-corrected chi connectivity index (χ3v) is 6.38. The number of hydrogen-bond donors (Lipinski definition) is 2. The number of nitrogens with zero attached hydrogens (tertiary/aromatic N) is 4. The molecule has 2 aliphatic carbocycles. The average Bonchev–Trinajstić information content (AvgIpc) is 3.19. The van der Waals surface area contributed by atoms with E-state index in [4.69, 9.17) is 16.6 Å². The lowest BCUT2D eigenvalue weighted by Crippen LogP contribution is -2.45. The summed E-state index contributed by atoms with van der Waals surface area (Å²) in [5, 5.41) is 16.4. The van der Waals surface area contributed by atoms with Gasteiger partial charge in [0, 0.05) is 30.1 Å². The predicted octanol–water partition coefficient (Wildman–Crippen LogP) is 4.10. The monoisotopic (exact) mass is 528 g/mol. The maximum atomic E-state index is 6.22. The number of aliphatic imine (C=N–C) groups is 1. The molecule has 158 valence electrons. The van der Waals surface area contributed by atoms with E-state index in [1.807, 2.05) is 30.7 Å². The number of guanidine groups is 1. The van der Waals surface area contributed by atoms with Gasteiger partial charge in [0.25, 0.3) is 0 Å². The van der Waals surface area contributed by atoms with Crippen LogP contribution in [0.4, 0.5) is 0 Å². The summed E-state index contributed by atoms with van der Waals surface area (Å²) in [6.07, 6.45) is 7.37. The molecule has 0 unspecified atom stereocenters. The van der Waals surface area contributed by atoms with Crippen molar-refractivity contribution in [1.82, 2.24) is 25.4 Å². The minimum atomic E-state index is 0. The molecule has 2 saturated carbocycles. The molecule has 1 aromatic heterocycles. The van der Waals surface area contributed by atoms with Crippen molar-refractivity contribution >= 4 is 41.5 Å². The van der Waals surface area contributed by atoms with Crippen molar-refractivity contribution in [2.75, 3.05) is 6.54 Å². The molecule has 29 heavy (non-hydrogen) atoms. The van der Waals surface area contributed by atoms with Crippen LogP contribution >= 0.6 is 35.6 Å². The Labute approximate surface area is 194 Å². The molecule has 0 spiro atoms. The first-order valence-electron chi connectivity index (χ1n) is 10.2. The van der Waals surface area contributed by atoms with Crippen LogP contribution < -0.4 is 10.6 Å². The van der Waals surface area contributed by atoms with Crippen molar-refractivity contribution in [2.45, 2.75) is 63.5 Å². The van der Waals surface area contributed by atoms with E-state index in [0.29, 0.717) is 12.6 Å². The quantitative estimate of drug-likeness (QED) is 0.337. The normalized spacial score (nSPS) is 18.4. The summed E-state index contributed by atoms with van der Waals surface area (Å²) in [7, 11) is 1.98. The van der Waals surface area contributed by atoms with E-state index in [2.05, 4.69) is 33.0 Å². The third-order valence-electron chi connectivity index (χ3n) is 6.14. The van der Waals surface area contributed by atoms with Gasteiger partial charge < -0.3 is 15.2 Å². The topological polar surface area (TPSA) is 67.1 Å². The Hall–Kier alpha value is -1.35. The van der Waals surface area contributed by atoms with E-state index in [9.17, 15) is 0 Å². The van der Waals surface area contributed by atoms with Gasteiger partial charge >= 0.3 is 0 Å². The minimum absolute atomic E-state index is 0. The summed E-state index contributed by atoms with van der Waals surface area (Å²) >= 11 is 6.22. The maximum Gasteiger partial charge on any atom is 0.191 e. The molecule has 2 N–H and O–H groups in total. The summed E-state index contributed by atoms with van der Waals surface area (Å²) in [4.78, 5) is 4.82. The van der Waals surface area contributed by atoms with Gasteiger partial charge in [-0.15, -0.1) is 34.2 Å². The summed E-state index contributed by atoms with van der Waals surface area (Å²) in [6.45, 7) is 3.34. The molecule has 2 aliphatic rings. The highest BCUT2D eigenvalue weighted by molar-refractivity contribution is 14.0. The van der Waals surface area contributed by atoms with E-state index in [0.717, 1.165) is 29.2 Å². The van der Waals surface area contributed by atoms with Crippen molar-refractivity contribution < 1.29 is 0 Å². The van der Waals surface area contributed by atoms with Gasteiger partial charge in [0.15, 0.2) is 11.8 Å². The van der Waals surface area contributed by atoms with Gasteiger partial charge in [0.1, 0.15) is 12.4 Å². The lowest BCUT2D eigenvalue weighted by molar-refractivity contribution is 0.590. The second-order valence-electron chi connectivity index (χ2n) is 8.16. The maximum absolute atomic E-state index is 6.22. The minimum Gasteiger partial charge on any atom is -0.355 e. The lowest BCUT2D eigenvalue weighted by Gasteiger charge is -2.22. The molecule has 0 aliphatic heterocycles. The number of benzene rings is 1. The number of halogens is 2. The molecule has 4 rings (SSSR count). The van der Waals surface area contributed by atoms with Crippen LogP contribution in [-0.4, -0.2) is 33.3 Å². The van der Waals surface area contributed by atoms with Gasteiger partial charge in [-0.3, -0.25) is 0 Å². The lowest BCUT2D eigenvalue weighted by atomic mass is 9.96. The fourth-order valence-corrected chi connectivity index (χ4v) is 4.13. The van der Waals surface area contributed by atoms with Gasteiger partial charge in [0.05, 0.1) is 0 Å². The smallest absolute Gasteiger partial charge is 0.191 e. The fraction of sp³-hybridized carbons (Fsp3) is 0.571. The van der Waals surface area contributed by atoms with Crippen LogP contribution in [0, 0.1) is 6.92 Å². The summed E-state index contributed by atoms with van der Waals surface area (Å²) in [5.74, 6) is 2.66. The third kappa shape index (κ3) is 5.42. The highest BCUT2D eigenvalue weighted by Crippen LogP contribution is 2.48. The molecule has 1 aromatic carbocycles. The molecule has 0 bridgehead atoms. The van der Waals surface area contributed by atoms with Crippen LogP contribution in [-0.2, 0) is 19.0 Å². The van der Waals surface area contributed by atoms with E-state index in [1.165, 1.54) is 44.1 Å². The molecular formula is C21H30ClIN6. The molecule has 6 nitrogen and oxygen atoms in total. The van der Waals surface area contributed by atoms with E-state index < -0.39 is 0 Å². The number of hydrogen-bond acceptors (Lipinski definition) is 3. The molecule has 0 atom stereocenters. The Morgan fingerprint density at radius 3 is 2.66 bits per heavy atom. The summed E-state index contributed by atoms with van der Waals surface area (Å²) in [6, 6.07) is 8.77. The van der Waals surface area contributed by atoms with Crippen LogP contribution in [0.15, 0.2) is 29.3 Å². The largest absolute Gasteiger partial charge is 0.355 e. The zero-order chi connectivity index (χ0) is 19.6. The Balaban J connectivity index is 0.00000240. The summed E-state index contributed by atoms with van der Waals surface area (Å²) < 4.78 is 1.99. The Morgan fingerprint density at radius 2 is 2.03 bits per heavy atom. The fourth-order valence-electron chi connectivity index (χ4n) is 3.94. The first kappa shape index (κ1) is 22.3. The van der Waals surface area contributed by atoms with Crippen molar-refractivity contribution in [3.63, 3.8) is 0 Å². The van der Waals surface area contributed by atoms with Crippen LogP contribution in [0.3, 0.4) is 0 Å². The molecule has 0 radical (unpaired) electrons. The van der Waals surface area contributed by atoms with Gasteiger partial charge in [-0.25, -0.2) is 4.99 Å². The first-order chi connectivity index (χ1) is 13.6. The van der Waals surface area contributed by atoms with Gasteiger partial charge in [-0.2, -0.15) is 0 Å². The van der Waals surface area contributed by atoms with Gasteiger partial charge in [-0.05, 0) is 50.3 Å². The highest BCUT2D eigenvalue weighted by atomic mass is 127. The highest BCUT2D eigenvalue weighted by Gasteiger charge is 2.44. The van der Waals surface area contributed by atoms with Crippen molar-refractivity contribution in [2.24, 2.45) is 12.0 Å².